The lowest BCUT2D eigenvalue weighted by atomic mass is 9.74. The van der Waals surface area contributed by atoms with Crippen molar-refractivity contribution in [1.29, 1.82) is 0 Å². The number of amides is 3. The second-order valence-corrected chi connectivity index (χ2v) is 11.9. The summed E-state index contributed by atoms with van der Waals surface area (Å²) in [5, 5.41) is 4.58. The number of nitrogens with one attached hydrogen (secondary N) is 1. The third-order valence-corrected chi connectivity index (χ3v) is 9.03. The van der Waals surface area contributed by atoms with E-state index in [1.807, 2.05) is 0 Å². The van der Waals surface area contributed by atoms with Gasteiger partial charge in [0.15, 0.2) is 0 Å². The summed E-state index contributed by atoms with van der Waals surface area (Å²) in [6.45, 7) is 0.787. The first-order valence-corrected chi connectivity index (χ1v) is 14.5. The van der Waals surface area contributed by atoms with Crippen molar-refractivity contribution >= 4 is 46.3 Å². The van der Waals surface area contributed by atoms with Gasteiger partial charge in [0.2, 0.25) is 5.91 Å². The van der Waals surface area contributed by atoms with Gasteiger partial charge in [-0.2, -0.15) is 0 Å². The van der Waals surface area contributed by atoms with Crippen LogP contribution in [0.1, 0.15) is 64.2 Å². The molecule has 13 heteroatoms. The number of benzene rings is 1. The maximum atomic E-state index is 14.3. The third-order valence-electron chi connectivity index (χ3n) is 8.24. The molecule has 0 radical (unpaired) electrons. The minimum atomic E-state index is -2.91. The number of hydrogen-bond acceptors (Lipinski definition) is 6. The highest BCUT2D eigenvalue weighted by Gasteiger charge is 2.59. The average Bonchev–Trinajstić information content (AvgIpc) is 3.54. The van der Waals surface area contributed by atoms with E-state index in [1.54, 1.807) is 26.8 Å². The van der Waals surface area contributed by atoms with Gasteiger partial charge in [-0.1, -0.05) is 17.7 Å². The first kappa shape index (κ1) is 27.6. The fourth-order valence-electron chi connectivity index (χ4n) is 6.15. The minimum Gasteiger partial charge on any atom is -0.349 e. The summed E-state index contributed by atoms with van der Waals surface area (Å²) in [7, 11) is 0. The Morgan fingerprint density at radius 2 is 1.90 bits per heavy atom. The van der Waals surface area contributed by atoms with Crippen molar-refractivity contribution in [2.45, 2.75) is 43.6 Å². The lowest BCUT2D eigenvalue weighted by molar-refractivity contribution is -0.128. The number of hydrogen-bond donors (Lipinski definition) is 1. The van der Waals surface area contributed by atoms with Gasteiger partial charge >= 0.3 is 0 Å². The molecule has 1 spiro atoms. The number of thiazole rings is 1. The van der Waals surface area contributed by atoms with Crippen LogP contribution in [0, 0.1) is 11.7 Å². The molecule has 3 aliphatic rings. The number of rotatable bonds is 6. The van der Waals surface area contributed by atoms with Crippen LogP contribution in [-0.2, 0) is 10.2 Å². The summed E-state index contributed by atoms with van der Waals surface area (Å²) in [6, 6.07) is 5.31. The van der Waals surface area contributed by atoms with Gasteiger partial charge < -0.3 is 15.1 Å². The van der Waals surface area contributed by atoms with Crippen LogP contribution < -0.4 is 10.2 Å². The second kappa shape index (κ2) is 10.7. The average molecular weight is 604 g/mol. The number of anilines is 1. The molecular formula is C28H25ClF3N5O3S. The van der Waals surface area contributed by atoms with Crippen molar-refractivity contribution in [1.82, 2.24) is 20.2 Å². The molecule has 6 rings (SSSR count). The Morgan fingerprint density at radius 1 is 1.15 bits per heavy atom. The van der Waals surface area contributed by atoms with Crippen LogP contribution in [0.25, 0.3) is 0 Å². The predicted octanol–water partition coefficient (Wildman–Crippen LogP) is 5.00. The molecule has 1 saturated carbocycles. The molecule has 3 amide bonds. The van der Waals surface area contributed by atoms with Crippen molar-refractivity contribution < 1.29 is 27.6 Å². The number of likely N-dealkylation sites (tertiary alicyclic amines) is 1. The number of pyridine rings is 1. The number of fused-ring (bicyclic) bond motifs is 2. The van der Waals surface area contributed by atoms with Gasteiger partial charge in [-0.3, -0.25) is 19.4 Å². The molecule has 2 fully saturated rings. The number of alkyl halides is 2. The molecule has 1 aromatic carbocycles. The van der Waals surface area contributed by atoms with Crippen molar-refractivity contribution in [3.05, 3.63) is 74.7 Å². The van der Waals surface area contributed by atoms with Gasteiger partial charge in [-0.25, -0.2) is 18.2 Å². The Hall–Kier alpha value is -3.51. The molecule has 0 unspecified atom stereocenters. The smallest absolute Gasteiger partial charge is 0.281 e. The van der Waals surface area contributed by atoms with E-state index in [4.69, 9.17) is 11.6 Å². The van der Waals surface area contributed by atoms with Crippen LogP contribution in [0.2, 0.25) is 5.02 Å². The molecule has 3 aromatic rings. The quantitative estimate of drug-likeness (QED) is 0.428. The Bertz CT molecular complexity index is 1510. The van der Waals surface area contributed by atoms with E-state index in [9.17, 15) is 27.6 Å². The van der Waals surface area contributed by atoms with Gasteiger partial charge in [-0.05, 0) is 55.4 Å². The fraction of sp³-hybridized carbons (Fsp3) is 0.393. The molecule has 1 aliphatic carbocycles. The van der Waals surface area contributed by atoms with Crippen molar-refractivity contribution in [2.24, 2.45) is 5.92 Å². The molecule has 1 saturated heterocycles. The number of carbonyl (C=O) groups excluding carboxylic acids is 3. The highest BCUT2D eigenvalue weighted by molar-refractivity contribution is 7.07. The largest absolute Gasteiger partial charge is 0.349 e. The topological polar surface area (TPSA) is 95.5 Å². The Labute approximate surface area is 242 Å². The maximum Gasteiger partial charge on any atom is 0.281 e. The lowest BCUT2D eigenvalue weighted by Crippen LogP contribution is -2.65. The highest BCUT2D eigenvalue weighted by atomic mass is 35.5. The number of carbonyl (C=O) groups is 3. The summed E-state index contributed by atoms with van der Waals surface area (Å²) in [4.78, 5) is 50.3. The molecule has 0 atom stereocenters. The molecule has 8 nitrogen and oxygen atoms in total. The Balaban J connectivity index is 1.11. The lowest BCUT2D eigenvalue weighted by Gasteiger charge is -2.46. The van der Waals surface area contributed by atoms with Gasteiger partial charge in [0.25, 0.3) is 18.2 Å². The molecule has 2 aromatic heterocycles. The normalized spacial score (nSPS) is 21.2. The predicted molar refractivity (Wildman–Crippen MR) is 146 cm³/mol. The molecule has 0 bridgehead atoms. The fourth-order valence-corrected chi connectivity index (χ4v) is 6.83. The van der Waals surface area contributed by atoms with E-state index in [-0.39, 0.29) is 47.4 Å². The summed E-state index contributed by atoms with van der Waals surface area (Å²) in [5.41, 5.74) is 1.40. The number of nitrogens with zero attached hydrogens (tertiary/aromatic N) is 4. The van der Waals surface area contributed by atoms with Crippen molar-refractivity contribution in [3.63, 3.8) is 0 Å². The Kier molecular flexibility index (Phi) is 7.23. The van der Waals surface area contributed by atoms with Crippen LogP contribution in [0.5, 0.6) is 0 Å². The van der Waals surface area contributed by atoms with Crippen LogP contribution in [-0.4, -0.2) is 58.3 Å². The summed E-state index contributed by atoms with van der Waals surface area (Å²) in [6.07, 6.45) is 0.706. The maximum absolute atomic E-state index is 14.3. The monoisotopic (exact) mass is 603 g/mol. The van der Waals surface area contributed by atoms with E-state index in [0.717, 1.165) is 11.8 Å². The van der Waals surface area contributed by atoms with E-state index in [0.29, 0.717) is 43.6 Å². The van der Waals surface area contributed by atoms with Gasteiger partial charge in [0.1, 0.15) is 22.6 Å². The minimum absolute atomic E-state index is 0.0927. The SMILES string of the molecule is O=C(N[C@H]1CC[C@H](CN2C(=O)C3(CN(C(=O)c4cscn4)C3)c3ccc(F)cc32)CC1)c1cc(Cl)cnc1C(F)F. The van der Waals surface area contributed by atoms with Gasteiger partial charge in [-0.15, -0.1) is 11.3 Å². The van der Waals surface area contributed by atoms with Crippen molar-refractivity contribution in [3.8, 4) is 0 Å². The van der Waals surface area contributed by atoms with Crippen LogP contribution >= 0.6 is 22.9 Å². The van der Waals surface area contributed by atoms with Crippen LogP contribution in [0.3, 0.4) is 0 Å². The zero-order valence-electron chi connectivity index (χ0n) is 21.7. The molecule has 1 N–H and O–H groups in total. The Morgan fingerprint density at radius 3 is 2.59 bits per heavy atom. The molecule has 41 heavy (non-hydrogen) atoms. The van der Waals surface area contributed by atoms with E-state index >= 15 is 0 Å². The number of halogens is 4. The van der Waals surface area contributed by atoms with Gasteiger partial charge in [0.05, 0.1) is 21.8 Å². The zero-order valence-corrected chi connectivity index (χ0v) is 23.2. The number of aromatic nitrogens is 2. The van der Waals surface area contributed by atoms with Crippen molar-refractivity contribution in [2.75, 3.05) is 24.5 Å². The van der Waals surface area contributed by atoms with Crippen LogP contribution in [0.15, 0.2) is 41.4 Å². The standard InChI is InChI=1S/C28H25ClF3N5O3S/c29-16-7-19(23(24(31)32)33-9-16)25(38)35-18-4-1-15(2-5-18)10-37-22-8-17(30)3-6-20(22)28(27(37)40)12-36(13-28)26(39)21-11-41-14-34-21/h3,6-9,11,14-15,18,24H,1-2,4-5,10,12-13H2,(H,35,38)/t15-,18-. The molecule has 214 valence electrons. The molecule has 2 aliphatic heterocycles. The summed E-state index contributed by atoms with van der Waals surface area (Å²) >= 11 is 7.20. The van der Waals surface area contributed by atoms with E-state index < -0.39 is 29.3 Å². The van der Waals surface area contributed by atoms with Crippen LogP contribution in [0.4, 0.5) is 18.9 Å². The van der Waals surface area contributed by atoms with Gasteiger partial charge in [0, 0.05) is 37.3 Å². The van der Waals surface area contributed by atoms with E-state index in [2.05, 4.69) is 15.3 Å². The molecule has 4 heterocycles. The first-order valence-electron chi connectivity index (χ1n) is 13.2. The second-order valence-electron chi connectivity index (χ2n) is 10.8. The molecular weight excluding hydrogens is 579 g/mol. The summed E-state index contributed by atoms with van der Waals surface area (Å²) < 4.78 is 41.0. The highest BCUT2D eigenvalue weighted by Crippen LogP contribution is 2.48. The summed E-state index contributed by atoms with van der Waals surface area (Å²) in [5.74, 6) is -1.39. The first-order chi connectivity index (χ1) is 19.7. The third kappa shape index (κ3) is 4.97. The van der Waals surface area contributed by atoms with E-state index in [1.165, 1.54) is 29.5 Å². The zero-order chi connectivity index (χ0) is 28.9.